The van der Waals surface area contributed by atoms with Crippen molar-refractivity contribution in [2.75, 3.05) is 6.61 Å². The predicted molar refractivity (Wildman–Crippen MR) is 130 cm³/mol. The molecular weight excluding hydrogens is 433 g/mol. The number of hydrogen-bond acceptors (Lipinski definition) is 6. The van der Waals surface area contributed by atoms with Crippen LogP contribution in [0.25, 0.3) is 0 Å². The van der Waals surface area contributed by atoms with Crippen LogP contribution in [0.2, 0.25) is 0 Å². The SMILES string of the molecule is Cc1ccc(C2COC(=O)C(Cc3ccc(C)c([N+](=O)[O-])c3)C2)cc1B1OC(C)(C)C(C)(C)O1. The van der Waals surface area contributed by atoms with E-state index in [0.717, 1.165) is 22.2 Å². The van der Waals surface area contributed by atoms with E-state index in [1.807, 2.05) is 40.7 Å². The maximum absolute atomic E-state index is 12.5. The highest BCUT2D eigenvalue weighted by molar-refractivity contribution is 6.62. The minimum atomic E-state index is -0.458. The lowest BCUT2D eigenvalue weighted by Gasteiger charge is -2.32. The van der Waals surface area contributed by atoms with Gasteiger partial charge < -0.3 is 14.0 Å². The highest BCUT2D eigenvalue weighted by atomic mass is 16.7. The summed E-state index contributed by atoms with van der Waals surface area (Å²) in [7, 11) is -0.458. The molecule has 2 aromatic rings. The Morgan fingerprint density at radius 2 is 1.68 bits per heavy atom. The summed E-state index contributed by atoms with van der Waals surface area (Å²) < 4.78 is 18.1. The number of benzene rings is 2. The maximum atomic E-state index is 12.5. The molecule has 2 aliphatic rings. The number of hydrogen-bond donors (Lipinski definition) is 0. The van der Waals surface area contributed by atoms with Gasteiger partial charge in [0, 0.05) is 17.5 Å². The Kier molecular flexibility index (Phi) is 6.33. The number of nitro benzene ring substituents is 1. The van der Waals surface area contributed by atoms with Gasteiger partial charge in [-0.15, -0.1) is 0 Å². The van der Waals surface area contributed by atoms with Gasteiger partial charge >= 0.3 is 13.1 Å². The van der Waals surface area contributed by atoms with Gasteiger partial charge in [-0.05, 0) is 71.0 Å². The number of nitro groups is 1. The summed E-state index contributed by atoms with van der Waals surface area (Å²) in [5.41, 5.74) is 3.73. The molecule has 0 amide bonds. The van der Waals surface area contributed by atoms with Crippen LogP contribution in [-0.4, -0.2) is 35.8 Å². The molecule has 0 aromatic heterocycles. The van der Waals surface area contributed by atoms with E-state index in [9.17, 15) is 14.9 Å². The topological polar surface area (TPSA) is 87.9 Å². The lowest BCUT2D eigenvalue weighted by molar-refractivity contribution is -0.385. The zero-order valence-electron chi connectivity index (χ0n) is 20.7. The van der Waals surface area contributed by atoms with Crippen LogP contribution < -0.4 is 5.46 Å². The first-order chi connectivity index (χ1) is 15.9. The molecule has 2 heterocycles. The Morgan fingerprint density at radius 1 is 1.03 bits per heavy atom. The number of esters is 1. The third-order valence-electron chi connectivity index (χ3n) is 7.56. The van der Waals surface area contributed by atoms with Gasteiger partial charge in [0.2, 0.25) is 0 Å². The molecular formula is C26H32BNO6. The van der Waals surface area contributed by atoms with Crippen LogP contribution in [0, 0.1) is 29.9 Å². The van der Waals surface area contributed by atoms with Crippen molar-refractivity contribution in [3.8, 4) is 0 Å². The Hall–Kier alpha value is -2.71. The van der Waals surface area contributed by atoms with Crippen molar-refractivity contribution < 1.29 is 23.8 Å². The molecule has 0 N–H and O–H groups in total. The number of carbonyl (C=O) groups is 1. The van der Waals surface area contributed by atoms with E-state index in [1.54, 1.807) is 19.1 Å². The van der Waals surface area contributed by atoms with E-state index in [-0.39, 0.29) is 28.4 Å². The third-order valence-corrected chi connectivity index (χ3v) is 7.56. The third kappa shape index (κ3) is 4.61. The van der Waals surface area contributed by atoms with Crippen molar-refractivity contribution in [3.05, 3.63) is 68.8 Å². The van der Waals surface area contributed by atoms with Crippen LogP contribution in [0.15, 0.2) is 36.4 Å². The molecule has 180 valence electrons. The molecule has 4 rings (SSSR count). The number of cyclic esters (lactones) is 1. The average Bonchev–Trinajstić information content (AvgIpc) is 2.98. The number of carbonyl (C=O) groups excluding carboxylic acids is 1. The summed E-state index contributed by atoms with van der Waals surface area (Å²) in [6.45, 7) is 12.2. The molecule has 2 saturated heterocycles. The second-order valence-corrected chi connectivity index (χ2v) is 10.5. The Balaban J connectivity index is 1.54. The number of ether oxygens (including phenoxy) is 1. The van der Waals surface area contributed by atoms with Gasteiger partial charge in [-0.1, -0.05) is 35.9 Å². The highest BCUT2D eigenvalue weighted by Gasteiger charge is 2.52. The van der Waals surface area contributed by atoms with Crippen molar-refractivity contribution >= 4 is 24.2 Å². The van der Waals surface area contributed by atoms with Gasteiger partial charge in [0.15, 0.2) is 0 Å². The average molecular weight is 465 g/mol. The summed E-state index contributed by atoms with van der Waals surface area (Å²) in [6.07, 6.45) is 1.03. The zero-order valence-corrected chi connectivity index (χ0v) is 20.7. The minimum Gasteiger partial charge on any atom is -0.465 e. The molecule has 2 unspecified atom stereocenters. The number of nitrogens with zero attached hydrogens (tertiary/aromatic N) is 1. The summed E-state index contributed by atoms with van der Waals surface area (Å²) in [6, 6.07) is 11.4. The predicted octanol–water partition coefficient (Wildman–Crippen LogP) is 4.40. The van der Waals surface area contributed by atoms with Crippen molar-refractivity contribution in [1.29, 1.82) is 0 Å². The molecule has 2 aromatic carbocycles. The first-order valence-electron chi connectivity index (χ1n) is 11.7. The van der Waals surface area contributed by atoms with Gasteiger partial charge in [-0.2, -0.15) is 0 Å². The van der Waals surface area contributed by atoms with Crippen molar-refractivity contribution in [2.24, 2.45) is 5.92 Å². The summed E-state index contributed by atoms with van der Waals surface area (Å²) in [5.74, 6) is -0.578. The molecule has 34 heavy (non-hydrogen) atoms. The first-order valence-corrected chi connectivity index (χ1v) is 11.7. The number of rotatable bonds is 5. The molecule has 0 spiro atoms. The van der Waals surface area contributed by atoms with E-state index >= 15 is 0 Å². The largest absolute Gasteiger partial charge is 0.495 e. The van der Waals surface area contributed by atoms with Crippen molar-refractivity contribution in [3.63, 3.8) is 0 Å². The van der Waals surface area contributed by atoms with Gasteiger partial charge in [-0.3, -0.25) is 14.9 Å². The fraction of sp³-hybridized carbons (Fsp3) is 0.500. The van der Waals surface area contributed by atoms with E-state index in [1.165, 1.54) is 0 Å². The molecule has 2 atom stereocenters. The lowest BCUT2D eigenvalue weighted by atomic mass is 9.73. The van der Waals surface area contributed by atoms with Crippen LogP contribution >= 0.6 is 0 Å². The second-order valence-electron chi connectivity index (χ2n) is 10.5. The molecule has 0 aliphatic carbocycles. The van der Waals surface area contributed by atoms with Gasteiger partial charge in [0.1, 0.15) is 0 Å². The highest BCUT2D eigenvalue weighted by Crippen LogP contribution is 2.37. The van der Waals surface area contributed by atoms with Gasteiger partial charge in [-0.25, -0.2) is 0 Å². The van der Waals surface area contributed by atoms with Crippen LogP contribution in [0.5, 0.6) is 0 Å². The molecule has 2 aliphatic heterocycles. The summed E-state index contributed by atoms with van der Waals surface area (Å²) in [4.78, 5) is 23.5. The lowest BCUT2D eigenvalue weighted by Crippen LogP contribution is -2.41. The van der Waals surface area contributed by atoms with Crippen LogP contribution in [0.3, 0.4) is 0 Å². The molecule has 0 radical (unpaired) electrons. The Bertz CT molecular complexity index is 1110. The smallest absolute Gasteiger partial charge is 0.465 e. The van der Waals surface area contributed by atoms with Crippen molar-refractivity contribution in [1.82, 2.24) is 0 Å². The maximum Gasteiger partial charge on any atom is 0.495 e. The molecule has 7 nitrogen and oxygen atoms in total. The summed E-state index contributed by atoms with van der Waals surface area (Å²) >= 11 is 0. The minimum absolute atomic E-state index is 0.0323. The van der Waals surface area contributed by atoms with E-state index in [0.29, 0.717) is 25.0 Å². The Labute approximate surface area is 201 Å². The van der Waals surface area contributed by atoms with Gasteiger partial charge in [0.05, 0.1) is 28.7 Å². The summed E-state index contributed by atoms with van der Waals surface area (Å²) in [5, 5.41) is 11.3. The normalized spacial score (nSPS) is 23.6. The van der Waals surface area contributed by atoms with Crippen LogP contribution in [-0.2, 0) is 25.3 Å². The fourth-order valence-electron chi connectivity index (χ4n) is 4.61. The molecule has 0 bridgehead atoms. The molecule has 0 saturated carbocycles. The fourth-order valence-corrected chi connectivity index (χ4v) is 4.61. The molecule has 8 heteroatoms. The number of aryl methyl sites for hydroxylation is 2. The van der Waals surface area contributed by atoms with E-state index in [2.05, 4.69) is 18.2 Å². The van der Waals surface area contributed by atoms with Crippen LogP contribution in [0.4, 0.5) is 5.69 Å². The van der Waals surface area contributed by atoms with Crippen molar-refractivity contribution in [2.45, 2.75) is 71.5 Å². The van der Waals surface area contributed by atoms with Gasteiger partial charge in [0.25, 0.3) is 5.69 Å². The first kappa shape index (κ1) is 24.4. The molecule has 2 fully saturated rings. The van der Waals surface area contributed by atoms with E-state index in [4.69, 9.17) is 14.0 Å². The zero-order chi connectivity index (χ0) is 24.8. The standard InChI is InChI=1S/C26H32BNO6/c1-16-8-10-19(14-22(16)27-33-25(3,4)26(5,6)34-27)21-13-20(24(29)32-15-21)11-18-9-7-17(2)23(12-18)28(30)31/h7-10,12,14,20-21H,11,13,15H2,1-6H3. The van der Waals surface area contributed by atoms with Crippen LogP contribution in [0.1, 0.15) is 62.3 Å². The monoisotopic (exact) mass is 465 g/mol. The quantitative estimate of drug-likeness (QED) is 0.282. The second kappa shape index (κ2) is 8.82. The van der Waals surface area contributed by atoms with E-state index < -0.39 is 18.3 Å². The Morgan fingerprint density at radius 3 is 2.32 bits per heavy atom.